The van der Waals surface area contributed by atoms with Gasteiger partial charge in [-0.05, 0) is 30.2 Å². The van der Waals surface area contributed by atoms with E-state index in [1.807, 2.05) is 17.0 Å². The molecule has 0 fully saturated rings. The minimum Gasteiger partial charge on any atom is -0.464 e. The predicted molar refractivity (Wildman–Crippen MR) is 85.9 cm³/mol. The highest BCUT2D eigenvalue weighted by atomic mass is 16.5. The van der Waals surface area contributed by atoms with Crippen molar-refractivity contribution in [3.05, 3.63) is 53.0 Å². The first-order valence-corrected chi connectivity index (χ1v) is 7.50. The predicted octanol–water partition coefficient (Wildman–Crippen LogP) is 1.61. The maximum atomic E-state index is 11.6. The fraction of sp³-hybridized carbons (Fsp3) is 0.294. The van der Waals surface area contributed by atoms with Gasteiger partial charge in [0.05, 0.1) is 26.5 Å². The Morgan fingerprint density at radius 3 is 2.42 bits per heavy atom. The van der Waals surface area contributed by atoms with E-state index in [1.54, 1.807) is 18.2 Å². The number of methoxy groups -OCH3 is 2. The van der Waals surface area contributed by atoms with E-state index >= 15 is 0 Å². The topological polar surface area (TPSA) is 81.6 Å². The fourth-order valence-corrected chi connectivity index (χ4v) is 2.64. The second kappa shape index (κ2) is 6.66. The van der Waals surface area contributed by atoms with Crippen LogP contribution in [0.3, 0.4) is 0 Å². The van der Waals surface area contributed by atoms with E-state index in [4.69, 9.17) is 9.47 Å². The third-order valence-corrected chi connectivity index (χ3v) is 3.91. The zero-order valence-corrected chi connectivity index (χ0v) is 13.5. The van der Waals surface area contributed by atoms with E-state index in [0.29, 0.717) is 12.4 Å². The van der Waals surface area contributed by atoms with E-state index in [2.05, 4.69) is 9.97 Å². The Bertz CT molecular complexity index is 791. The van der Waals surface area contributed by atoms with Crippen LogP contribution in [0.25, 0.3) is 0 Å². The Hall–Kier alpha value is -2.96. The number of anilines is 1. The van der Waals surface area contributed by atoms with Crippen LogP contribution in [0, 0.1) is 0 Å². The number of fused-ring (bicyclic) bond motifs is 1. The number of aromatic nitrogens is 2. The normalized spacial score (nSPS) is 13.2. The molecule has 24 heavy (non-hydrogen) atoms. The number of hydrogen-bond acceptors (Lipinski definition) is 7. The Morgan fingerprint density at radius 2 is 1.71 bits per heavy atom. The standard InChI is InChI=1S/C17H17N3O4/c1-23-16(21)12-4-3-5-15(19-12)20-9-8-11-6-7-13(17(22)24-2)18-14(11)10-20/h3-7H,8-10H2,1-2H3. The van der Waals surface area contributed by atoms with Crippen LogP contribution in [0.4, 0.5) is 5.82 Å². The molecule has 0 N–H and O–H groups in total. The molecule has 7 nitrogen and oxygen atoms in total. The first kappa shape index (κ1) is 15.9. The molecule has 0 amide bonds. The van der Waals surface area contributed by atoms with Gasteiger partial charge >= 0.3 is 11.9 Å². The molecule has 0 aliphatic carbocycles. The maximum Gasteiger partial charge on any atom is 0.356 e. The van der Waals surface area contributed by atoms with E-state index in [1.165, 1.54) is 14.2 Å². The zero-order valence-electron chi connectivity index (χ0n) is 13.5. The van der Waals surface area contributed by atoms with Gasteiger partial charge in [-0.3, -0.25) is 0 Å². The smallest absolute Gasteiger partial charge is 0.356 e. The quantitative estimate of drug-likeness (QED) is 0.792. The molecule has 1 aliphatic heterocycles. The molecule has 0 aromatic carbocycles. The van der Waals surface area contributed by atoms with Gasteiger partial charge in [-0.25, -0.2) is 19.6 Å². The van der Waals surface area contributed by atoms with Crippen LogP contribution >= 0.6 is 0 Å². The SMILES string of the molecule is COC(=O)c1cccc(N2CCc3ccc(C(=O)OC)nc3C2)n1. The number of pyridine rings is 2. The van der Waals surface area contributed by atoms with Crippen LogP contribution in [0.5, 0.6) is 0 Å². The molecule has 2 aromatic heterocycles. The van der Waals surface area contributed by atoms with E-state index in [0.717, 1.165) is 24.2 Å². The van der Waals surface area contributed by atoms with Crippen LogP contribution in [0.1, 0.15) is 32.2 Å². The number of nitrogens with zero attached hydrogens (tertiary/aromatic N) is 3. The molecule has 0 saturated carbocycles. The number of esters is 2. The lowest BCUT2D eigenvalue weighted by Gasteiger charge is -2.29. The summed E-state index contributed by atoms with van der Waals surface area (Å²) in [5.74, 6) is -0.255. The molecule has 0 atom stereocenters. The summed E-state index contributed by atoms with van der Waals surface area (Å²) >= 11 is 0. The molecule has 0 saturated heterocycles. The van der Waals surface area contributed by atoms with E-state index in [9.17, 15) is 9.59 Å². The van der Waals surface area contributed by atoms with E-state index in [-0.39, 0.29) is 11.4 Å². The van der Waals surface area contributed by atoms with Crippen molar-refractivity contribution in [2.24, 2.45) is 0 Å². The Morgan fingerprint density at radius 1 is 1.00 bits per heavy atom. The molecule has 0 spiro atoms. The summed E-state index contributed by atoms with van der Waals surface area (Å²) in [6, 6.07) is 8.80. The second-order valence-corrected chi connectivity index (χ2v) is 5.34. The average Bonchev–Trinajstić information content (AvgIpc) is 2.65. The van der Waals surface area contributed by atoms with Gasteiger partial charge < -0.3 is 14.4 Å². The highest BCUT2D eigenvalue weighted by Crippen LogP contribution is 2.22. The Labute approximate surface area is 139 Å². The van der Waals surface area contributed by atoms with Gasteiger partial charge in [-0.2, -0.15) is 0 Å². The van der Waals surface area contributed by atoms with Crippen molar-refractivity contribution < 1.29 is 19.1 Å². The lowest BCUT2D eigenvalue weighted by Crippen LogP contribution is -2.32. The molecule has 3 rings (SSSR count). The summed E-state index contributed by atoms with van der Waals surface area (Å²) < 4.78 is 9.42. The molecular formula is C17H17N3O4. The monoisotopic (exact) mass is 327 g/mol. The van der Waals surface area contributed by atoms with Crippen LogP contribution in [0.15, 0.2) is 30.3 Å². The van der Waals surface area contributed by atoms with Crippen LogP contribution < -0.4 is 4.90 Å². The first-order chi connectivity index (χ1) is 11.6. The molecule has 1 aliphatic rings. The lowest BCUT2D eigenvalue weighted by molar-refractivity contribution is 0.0585. The van der Waals surface area contributed by atoms with Gasteiger partial charge in [0, 0.05) is 6.54 Å². The van der Waals surface area contributed by atoms with Crippen molar-refractivity contribution in [2.75, 3.05) is 25.7 Å². The molecule has 3 heterocycles. The summed E-state index contributed by atoms with van der Waals surface area (Å²) in [7, 11) is 2.66. The summed E-state index contributed by atoms with van der Waals surface area (Å²) in [6.45, 7) is 1.27. The third-order valence-electron chi connectivity index (χ3n) is 3.91. The molecule has 124 valence electrons. The number of rotatable bonds is 3. The number of ether oxygens (including phenoxy) is 2. The molecule has 0 unspecified atom stereocenters. The highest BCUT2D eigenvalue weighted by molar-refractivity contribution is 5.88. The van der Waals surface area contributed by atoms with Gasteiger partial charge in [-0.1, -0.05) is 12.1 Å². The number of carbonyl (C=O) groups is 2. The summed E-state index contributed by atoms with van der Waals surface area (Å²) in [6.07, 6.45) is 0.786. The van der Waals surface area contributed by atoms with Gasteiger partial charge in [0.15, 0.2) is 5.69 Å². The van der Waals surface area contributed by atoms with Crippen LogP contribution in [0.2, 0.25) is 0 Å². The minimum absolute atomic E-state index is 0.261. The zero-order chi connectivity index (χ0) is 17.1. The van der Waals surface area contributed by atoms with Gasteiger partial charge in [0.1, 0.15) is 11.5 Å². The van der Waals surface area contributed by atoms with Crippen molar-refractivity contribution in [1.29, 1.82) is 0 Å². The second-order valence-electron chi connectivity index (χ2n) is 5.34. The first-order valence-electron chi connectivity index (χ1n) is 7.50. The summed E-state index contributed by atoms with van der Waals surface area (Å²) in [5, 5.41) is 0. The maximum absolute atomic E-state index is 11.6. The largest absolute Gasteiger partial charge is 0.464 e. The summed E-state index contributed by atoms with van der Waals surface area (Å²) in [5.41, 5.74) is 2.46. The van der Waals surface area contributed by atoms with Crippen LogP contribution in [-0.4, -0.2) is 42.7 Å². The van der Waals surface area contributed by atoms with Crippen molar-refractivity contribution >= 4 is 17.8 Å². The third kappa shape index (κ3) is 3.05. The minimum atomic E-state index is -0.472. The lowest BCUT2D eigenvalue weighted by atomic mass is 10.0. The molecule has 0 radical (unpaired) electrons. The fourth-order valence-electron chi connectivity index (χ4n) is 2.64. The Balaban J connectivity index is 1.86. The van der Waals surface area contributed by atoms with Crippen LogP contribution in [-0.2, 0) is 22.4 Å². The van der Waals surface area contributed by atoms with Crippen molar-refractivity contribution in [2.45, 2.75) is 13.0 Å². The molecule has 0 bridgehead atoms. The Kier molecular flexibility index (Phi) is 4.41. The van der Waals surface area contributed by atoms with Gasteiger partial charge in [-0.15, -0.1) is 0 Å². The van der Waals surface area contributed by atoms with Gasteiger partial charge in [0.2, 0.25) is 0 Å². The highest BCUT2D eigenvalue weighted by Gasteiger charge is 2.21. The van der Waals surface area contributed by atoms with E-state index < -0.39 is 11.9 Å². The summed E-state index contributed by atoms with van der Waals surface area (Å²) in [4.78, 5) is 34.0. The molecular weight excluding hydrogens is 310 g/mol. The number of hydrogen-bond donors (Lipinski definition) is 0. The van der Waals surface area contributed by atoms with Crippen molar-refractivity contribution in [3.63, 3.8) is 0 Å². The van der Waals surface area contributed by atoms with Gasteiger partial charge in [0.25, 0.3) is 0 Å². The average molecular weight is 327 g/mol. The van der Waals surface area contributed by atoms with Crippen molar-refractivity contribution in [1.82, 2.24) is 9.97 Å². The molecule has 7 heteroatoms. The molecule has 2 aromatic rings. The number of carbonyl (C=O) groups excluding carboxylic acids is 2. The van der Waals surface area contributed by atoms with Crippen molar-refractivity contribution in [3.8, 4) is 0 Å².